The van der Waals surface area contributed by atoms with Crippen molar-refractivity contribution in [3.8, 4) is 5.75 Å². The standard InChI is InChI=1S/C15ClF19O4S/c16-40(37,38)7-4(20)2(18)1(17)3(19)6(7)39-9(36)5(21)8(22)10(23,24)11(25,26)12(27,28)13(29,30)14(31,32)15(33,34)35. The Morgan fingerprint density at radius 2 is 1.00 bits per heavy atom. The maximum Gasteiger partial charge on any atom is 0.460 e. The molecule has 0 saturated carbocycles. The van der Waals surface area contributed by atoms with Gasteiger partial charge in [-0.2, -0.15) is 65.9 Å². The molecule has 0 amide bonds. The van der Waals surface area contributed by atoms with Crippen LogP contribution in [0.2, 0.25) is 0 Å². The molecule has 40 heavy (non-hydrogen) atoms. The molecule has 0 spiro atoms. The Morgan fingerprint density at radius 3 is 1.38 bits per heavy atom. The zero-order chi connectivity index (χ0) is 32.4. The molecule has 0 fully saturated rings. The summed E-state index contributed by atoms with van der Waals surface area (Å²) in [5.41, 5.74) is 0. The van der Waals surface area contributed by atoms with Crippen molar-refractivity contribution in [3.63, 3.8) is 0 Å². The van der Waals surface area contributed by atoms with Gasteiger partial charge in [0.2, 0.25) is 23.3 Å². The van der Waals surface area contributed by atoms with Gasteiger partial charge in [0.15, 0.2) is 22.3 Å². The van der Waals surface area contributed by atoms with Gasteiger partial charge in [0, 0.05) is 10.7 Å². The largest absolute Gasteiger partial charge is 0.460 e. The Labute approximate surface area is 209 Å². The smallest absolute Gasteiger partial charge is 0.416 e. The van der Waals surface area contributed by atoms with Crippen molar-refractivity contribution in [1.29, 1.82) is 0 Å². The van der Waals surface area contributed by atoms with E-state index in [9.17, 15) is 96.6 Å². The molecular formula is C15ClF19O4S. The van der Waals surface area contributed by atoms with E-state index in [-0.39, 0.29) is 0 Å². The van der Waals surface area contributed by atoms with Crippen molar-refractivity contribution in [2.75, 3.05) is 0 Å². The molecule has 1 aromatic rings. The van der Waals surface area contributed by atoms with E-state index in [1.54, 1.807) is 0 Å². The minimum Gasteiger partial charge on any atom is -0.416 e. The van der Waals surface area contributed by atoms with Gasteiger partial charge in [0.05, 0.1) is 0 Å². The van der Waals surface area contributed by atoms with E-state index < -0.39 is 96.4 Å². The lowest BCUT2D eigenvalue weighted by Crippen LogP contribution is -2.70. The highest BCUT2D eigenvalue weighted by molar-refractivity contribution is 8.13. The first-order chi connectivity index (χ1) is 17.4. The van der Waals surface area contributed by atoms with E-state index in [0.29, 0.717) is 0 Å². The van der Waals surface area contributed by atoms with E-state index in [2.05, 4.69) is 15.4 Å². The summed E-state index contributed by atoms with van der Waals surface area (Å²) in [4.78, 5) is 8.55. The summed E-state index contributed by atoms with van der Waals surface area (Å²) >= 11 is 0. The van der Waals surface area contributed by atoms with Gasteiger partial charge in [0.1, 0.15) is 0 Å². The molecule has 25 heteroatoms. The van der Waals surface area contributed by atoms with Gasteiger partial charge in [0.25, 0.3) is 9.05 Å². The summed E-state index contributed by atoms with van der Waals surface area (Å²) in [6.07, 6.45) is -7.86. The molecular weight excluding hydrogens is 673 g/mol. The number of allylic oxidation sites excluding steroid dienone is 1. The van der Waals surface area contributed by atoms with Gasteiger partial charge in [-0.3, -0.25) is 0 Å². The number of hydrogen-bond acceptors (Lipinski definition) is 4. The quantitative estimate of drug-likeness (QED) is 0.0570. The summed E-state index contributed by atoms with van der Waals surface area (Å²) in [6, 6.07) is 0. The fourth-order valence-electron chi connectivity index (χ4n) is 2.17. The first kappa shape index (κ1) is 35.4. The molecule has 0 saturated heterocycles. The number of alkyl halides is 13. The van der Waals surface area contributed by atoms with Crippen LogP contribution in [0.4, 0.5) is 83.4 Å². The zero-order valence-corrected chi connectivity index (χ0v) is 18.7. The Kier molecular flexibility index (Phi) is 8.85. The van der Waals surface area contributed by atoms with Crippen LogP contribution in [0, 0.1) is 23.3 Å². The number of carbonyl (C=O) groups excluding carboxylic acids is 1. The van der Waals surface area contributed by atoms with Crippen molar-refractivity contribution < 1.29 is 101 Å². The third-order valence-electron chi connectivity index (χ3n) is 4.20. The van der Waals surface area contributed by atoms with E-state index in [1.165, 1.54) is 0 Å². The second-order valence-corrected chi connectivity index (χ2v) is 9.24. The van der Waals surface area contributed by atoms with E-state index in [1.807, 2.05) is 0 Å². The fourth-order valence-corrected chi connectivity index (χ4v) is 3.24. The summed E-state index contributed by atoms with van der Waals surface area (Å²) in [5.74, 6) is -71.0. The van der Waals surface area contributed by atoms with E-state index >= 15 is 0 Å². The first-order valence-electron chi connectivity index (χ1n) is 8.39. The average molecular weight is 673 g/mol. The van der Waals surface area contributed by atoms with Crippen LogP contribution in [0.15, 0.2) is 16.5 Å². The molecule has 0 heterocycles. The molecule has 1 aromatic carbocycles. The average Bonchev–Trinajstić information content (AvgIpc) is 2.77. The Bertz CT molecular complexity index is 1350. The Balaban J connectivity index is 3.78. The van der Waals surface area contributed by atoms with Crippen molar-refractivity contribution in [2.45, 2.75) is 40.7 Å². The molecule has 0 aromatic heterocycles. The Hall–Kier alpha value is -2.66. The third kappa shape index (κ3) is 5.11. The number of carbonyl (C=O) groups is 1. The number of ether oxygens (including phenoxy) is 1. The minimum absolute atomic E-state index is 2.83. The normalized spacial score (nSPS) is 15.2. The number of halogens is 20. The highest BCUT2D eigenvalue weighted by Gasteiger charge is 2.91. The SMILES string of the molecule is O=C(Oc1c(F)c(F)c(F)c(F)c1S(=O)(=O)Cl)C(F)=C(F)C(F)(F)C(F)(F)C(F)(F)C(F)(F)C(F)(F)C(F)(F)F. The van der Waals surface area contributed by atoms with Crippen molar-refractivity contribution in [3.05, 3.63) is 34.9 Å². The van der Waals surface area contributed by atoms with Crippen molar-refractivity contribution >= 4 is 25.7 Å². The van der Waals surface area contributed by atoms with Crippen LogP contribution in [0.3, 0.4) is 0 Å². The van der Waals surface area contributed by atoms with Crippen LogP contribution in [-0.4, -0.2) is 50.2 Å². The lowest BCUT2D eigenvalue weighted by molar-refractivity contribution is -0.437. The van der Waals surface area contributed by atoms with Gasteiger partial charge in [-0.15, -0.1) is 0 Å². The van der Waals surface area contributed by atoms with Gasteiger partial charge >= 0.3 is 41.8 Å². The summed E-state index contributed by atoms with van der Waals surface area (Å²) in [7, 11) is -1.53. The van der Waals surface area contributed by atoms with Crippen molar-refractivity contribution in [2.24, 2.45) is 0 Å². The number of esters is 1. The highest BCUT2D eigenvalue weighted by Crippen LogP contribution is 2.61. The molecule has 0 aliphatic carbocycles. The van der Waals surface area contributed by atoms with Crippen LogP contribution in [0.1, 0.15) is 0 Å². The summed E-state index contributed by atoms with van der Waals surface area (Å²) in [5, 5.41) is 0. The van der Waals surface area contributed by atoms with Gasteiger partial charge in [-0.1, -0.05) is 0 Å². The Morgan fingerprint density at radius 1 is 0.625 bits per heavy atom. The number of benzene rings is 1. The highest BCUT2D eigenvalue weighted by atomic mass is 35.7. The number of rotatable bonds is 8. The maximum atomic E-state index is 13.7. The molecule has 1 rings (SSSR count). The maximum absolute atomic E-state index is 13.7. The predicted molar refractivity (Wildman–Crippen MR) is 85.0 cm³/mol. The van der Waals surface area contributed by atoms with Crippen LogP contribution >= 0.6 is 10.7 Å². The van der Waals surface area contributed by atoms with E-state index in [4.69, 9.17) is 0 Å². The molecule has 4 nitrogen and oxygen atoms in total. The topological polar surface area (TPSA) is 60.4 Å². The molecule has 0 radical (unpaired) electrons. The molecule has 0 unspecified atom stereocenters. The molecule has 0 N–H and O–H groups in total. The molecule has 230 valence electrons. The monoisotopic (exact) mass is 672 g/mol. The summed E-state index contributed by atoms with van der Waals surface area (Å²) < 4.78 is 276. The fraction of sp³-hybridized carbons (Fsp3) is 0.400. The first-order valence-corrected chi connectivity index (χ1v) is 10.7. The lowest BCUT2D eigenvalue weighted by Gasteiger charge is -2.39. The molecule has 0 aliphatic heterocycles. The van der Waals surface area contributed by atoms with Crippen LogP contribution < -0.4 is 4.74 Å². The molecule has 0 aliphatic rings. The number of hydrogen-bond donors (Lipinski definition) is 0. The third-order valence-corrected chi connectivity index (χ3v) is 5.52. The van der Waals surface area contributed by atoms with Gasteiger partial charge < -0.3 is 4.74 Å². The van der Waals surface area contributed by atoms with Crippen molar-refractivity contribution in [1.82, 2.24) is 0 Å². The van der Waals surface area contributed by atoms with Gasteiger partial charge in [-0.25, -0.2) is 30.8 Å². The van der Waals surface area contributed by atoms with E-state index in [0.717, 1.165) is 0 Å². The summed E-state index contributed by atoms with van der Waals surface area (Å²) in [6.45, 7) is 0. The van der Waals surface area contributed by atoms with Crippen LogP contribution in [-0.2, 0) is 13.8 Å². The lowest BCUT2D eigenvalue weighted by atomic mass is 9.93. The van der Waals surface area contributed by atoms with Gasteiger partial charge in [-0.05, 0) is 0 Å². The molecule has 0 atom stereocenters. The zero-order valence-electron chi connectivity index (χ0n) is 17.1. The predicted octanol–water partition coefficient (Wildman–Crippen LogP) is 6.97. The minimum atomic E-state index is -8.67. The second-order valence-electron chi connectivity index (χ2n) is 6.74. The second kappa shape index (κ2) is 10.0. The van der Waals surface area contributed by atoms with Crippen LogP contribution in [0.25, 0.3) is 0 Å². The molecule has 0 bridgehead atoms. The van der Waals surface area contributed by atoms with Crippen LogP contribution in [0.5, 0.6) is 5.75 Å².